The fourth-order valence-electron chi connectivity index (χ4n) is 1.63. The highest BCUT2D eigenvalue weighted by Crippen LogP contribution is 2.28. The molecule has 0 saturated carbocycles. The molecule has 1 amide bonds. The molecule has 1 atom stereocenters. The van der Waals surface area contributed by atoms with E-state index in [0.717, 1.165) is 0 Å². The van der Waals surface area contributed by atoms with E-state index in [1.54, 1.807) is 25.2 Å². The molecule has 1 aromatic carbocycles. The van der Waals surface area contributed by atoms with E-state index in [-0.39, 0.29) is 5.91 Å². The molecule has 0 aliphatic rings. The van der Waals surface area contributed by atoms with E-state index in [0.29, 0.717) is 17.0 Å². The third kappa shape index (κ3) is 3.21. The van der Waals surface area contributed by atoms with Crippen LogP contribution in [0.2, 0.25) is 0 Å². The van der Waals surface area contributed by atoms with Gasteiger partial charge in [-0.2, -0.15) is 0 Å². The molecule has 6 nitrogen and oxygen atoms in total. The van der Waals surface area contributed by atoms with Crippen molar-refractivity contribution in [3.8, 4) is 5.75 Å². The van der Waals surface area contributed by atoms with Crippen LogP contribution in [0, 0.1) is 0 Å². The molecule has 0 bridgehead atoms. The monoisotopic (exact) mass is 252 g/mol. The highest BCUT2D eigenvalue weighted by atomic mass is 16.5. The van der Waals surface area contributed by atoms with Crippen LogP contribution in [0.3, 0.4) is 0 Å². The van der Waals surface area contributed by atoms with Crippen LogP contribution in [-0.4, -0.2) is 31.1 Å². The number of nitrogens with one attached hydrogen (secondary N) is 2. The molecule has 0 aliphatic carbocycles. The molecule has 0 radical (unpaired) electrons. The number of likely N-dealkylation sites (N-methyl/N-ethyl adjacent to an activating group) is 1. The molecule has 0 heterocycles. The standard InChI is InChI=1S/C12H16N2O4/c1-7(15)14-9-6-8(4-5-10(9)18-3)11(13-2)12(16)17/h4-6,11,13H,1-3H3,(H,14,15)(H,16,17). The molecule has 0 aromatic heterocycles. The largest absolute Gasteiger partial charge is 0.495 e. The lowest BCUT2D eigenvalue weighted by Crippen LogP contribution is -2.25. The highest BCUT2D eigenvalue weighted by molar-refractivity contribution is 5.90. The SMILES string of the molecule is CNC(C(=O)O)c1ccc(OC)c(NC(C)=O)c1. The zero-order valence-electron chi connectivity index (χ0n) is 10.5. The van der Waals surface area contributed by atoms with Crippen LogP contribution in [0.4, 0.5) is 5.69 Å². The van der Waals surface area contributed by atoms with Crippen molar-refractivity contribution in [2.75, 3.05) is 19.5 Å². The van der Waals surface area contributed by atoms with Gasteiger partial charge in [0, 0.05) is 6.92 Å². The first-order valence-corrected chi connectivity index (χ1v) is 5.35. The molecule has 1 unspecified atom stereocenters. The minimum Gasteiger partial charge on any atom is -0.495 e. The number of hydrogen-bond donors (Lipinski definition) is 3. The molecule has 0 spiro atoms. The van der Waals surface area contributed by atoms with Gasteiger partial charge in [-0.15, -0.1) is 0 Å². The van der Waals surface area contributed by atoms with E-state index in [2.05, 4.69) is 10.6 Å². The van der Waals surface area contributed by atoms with Crippen molar-refractivity contribution < 1.29 is 19.4 Å². The summed E-state index contributed by atoms with van der Waals surface area (Å²) in [5, 5.41) is 14.3. The second kappa shape index (κ2) is 6.02. The lowest BCUT2D eigenvalue weighted by Gasteiger charge is -2.15. The number of carbonyl (C=O) groups is 2. The van der Waals surface area contributed by atoms with Crippen molar-refractivity contribution >= 4 is 17.6 Å². The Bertz CT molecular complexity index is 459. The van der Waals surface area contributed by atoms with E-state index >= 15 is 0 Å². The van der Waals surface area contributed by atoms with Gasteiger partial charge in [-0.25, -0.2) is 0 Å². The van der Waals surface area contributed by atoms with Gasteiger partial charge in [0.15, 0.2) is 0 Å². The smallest absolute Gasteiger partial charge is 0.325 e. The Kier molecular flexibility index (Phi) is 4.67. The molecule has 0 aliphatic heterocycles. The number of ether oxygens (including phenoxy) is 1. The minimum atomic E-state index is -0.989. The Hall–Kier alpha value is -2.08. The third-order valence-corrected chi connectivity index (χ3v) is 2.40. The molecule has 98 valence electrons. The summed E-state index contributed by atoms with van der Waals surface area (Å²) in [6.45, 7) is 1.37. The molecule has 1 rings (SSSR count). The maximum atomic E-state index is 11.1. The van der Waals surface area contributed by atoms with Gasteiger partial charge >= 0.3 is 5.97 Å². The van der Waals surface area contributed by atoms with Crippen molar-refractivity contribution in [2.45, 2.75) is 13.0 Å². The Balaban J connectivity index is 3.16. The molecular weight excluding hydrogens is 236 g/mol. The van der Waals surface area contributed by atoms with Crippen molar-refractivity contribution in [1.82, 2.24) is 5.32 Å². The van der Waals surface area contributed by atoms with Gasteiger partial charge in [-0.1, -0.05) is 6.07 Å². The van der Waals surface area contributed by atoms with Crippen molar-refractivity contribution in [3.05, 3.63) is 23.8 Å². The maximum absolute atomic E-state index is 11.1. The van der Waals surface area contributed by atoms with E-state index in [4.69, 9.17) is 9.84 Å². The van der Waals surface area contributed by atoms with Gasteiger partial charge in [0.25, 0.3) is 0 Å². The van der Waals surface area contributed by atoms with Gasteiger partial charge in [0.05, 0.1) is 12.8 Å². The molecule has 18 heavy (non-hydrogen) atoms. The average molecular weight is 252 g/mol. The summed E-state index contributed by atoms with van der Waals surface area (Å²) in [7, 11) is 3.04. The second-order valence-corrected chi connectivity index (χ2v) is 3.70. The van der Waals surface area contributed by atoms with Crippen LogP contribution in [0.5, 0.6) is 5.75 Å². The van der Waals surface area contributed by atoms with E-state index in [9.17, 15) is 9.59 Å². The topological polar surface area (TPSA) is 87.7 Å². The maximum Gasteiger partial charge on any atom is 0.325 e. The fraction of sp³-hybridized carbons (Fsp3) is 0.333. The summed E-state index contributed by atoms with van der Waals surface area (Å²) >= 11 is 0. The van der Waals surface area contributed by atoms with Crippen molar-refractivity contribution in [3.63, 3.8) is 0 Å². The Morgan fingerprint density at radius 1 is 1.39 bits per heavy atom. The number of carbonyl (C=O) groups excluding carboxylic acids is 1. The normalized spacial score (nSPS) is 11.7. The first kappa shape index (κ1) is 14.0. The summed E-state index contributed by atoms with van der Waals surface area (Å²) in [6, 6.07) is 4.01. The van der Waals surface area contributed by atoms with Gasteiger partial charge in [-0.3, -0.25) is 9.59 Å². The van der Waals surface area contributed by atoms with Gasteiger partial charge in [0.2, 0.25) is 5.91 Å². The first-order chi connectivity index (χ1) is 8.49. The molecule has 0 saturated heterocycles. The van der Waals surface area contributed by atoms with E-state index in [1.165, 1.54) is 14.0 Å². The number of carboxylic acids is 1. The predicted octanol–water partition coefficient (Wildman–Crippen LogP) is 0.999. The molecule has 6 heteroatoms. The summed E-state index contributed by atoms with van der Waals surface area (Å²) in [5.74, 6) is -0.757. The minimum absolute atomic E-state index is 0.248. The van der Waals surface area contributed by atoms with Crippen LogP contribution >= 0.6 is 0 Å². The number of amides is 1. The predicted molar refractivity (Wildman–Crippen MR) is 66.7 cm³/mol. The quantitative estimate of drug-likeness (QED) is 0.727. The Morgan fingerprint density at radius 2 is 2.06 bits per heavy atom. The molecule has 1 aromatic rings. The Morgan fingerprint density at radius 3 is 2.50 bits per heavy atom. The fourth-order valence-corrected chi connectivity index (χ4v) is 1.63. The molecule has 3 N–H and O–H groups in total. The number of aliphatic carboxylic acids is 1. The first-order valence-electron chi connectivity index (χ1n) is 5.35. The number of benzene rings is 1. The second-order valence-electron chi connectivity index (χ2n) is 3.70. The van der Waals surface area contributed by atoms with Gasteiger partial charge in [-0.05, 0) is 24.7 Å². The lowest BCUT2D eigenvalue weighted by atomic mass is 10.1. The lowest BCUT2D eigenvalue weighted by molar-refractivity contribution is -0.139. The average Bonchev–Trinajstić information content (AvgIpc) is 2.29. The summed E-state index contributed by atoms with van der Waals surface area (Å²) in [6.07, 6.45) is 0. The van der Waals surface area contributed by atoms with E-state index < -0.39 is 12.0 Å². The molecule has 0 fully saturated rings. The van der Waals surface area contributed by atoms with Gasteiger partial charge in [0.1, 0.15) is 11.8 Å². The van der Waals surface area contributed by atoms with Crippen LogP contribution in [0.25, 0.3) is 0 Å². The van der Waals surface area contributed by atoms with Crippen LogP contribution < -0.4 is 15.4 Å². The van der Waals surface area contributed by atoms with Crippen LogP contribution in [0.1, 0.15) is 18.5 Å². The zero-order chi connectivity index (χ0) is 13.7. The number of rotatable bonds is 5. The van der Waals surface area contributed by atoms with Crippen LogP contribution in [-0.2, 0) is 9.59 Å². The molecular formula is C12H16N2O4. The summed E-state index contributed by atoms with van der Waals surface area (Å²) < 4.78 is 5.09. The van der Waals surface area contributed by atoms with Crippen molar-refractivity contribution in [1.29, 1.82) is 0 Å². The number of hydrogen-bond acceptors (Lipinski definition) is 4. The Labute approximate surface area is 105 Å². The van der Waals surface area contributed by atoms with Crippen molar-refractivity contribution in [2.24, 2.45) is 0 Å². The number of anilines is 1. The van der Waals surface area contributed by atoms with E-state index in [1.807, 2.05) is 0 Å². The third-order valence-electron chi connectivity index (χ3n) is 2.40. The number of carboxylic acid groups (broad SMARTS) is 1. The van der Waals surface area contributed by atoms with Crippen LogP contribution in [0.15, 0.2) is 18.2 Å². The highest BCUT2D eigenvalue weighted by Gasteiger charge is 2.19. The zero-order valence-corrected chi connectivity index (χ0v) is 10.5. The van der Waals surface area contributed by atoms with Gasteiger partial charge < -0.3 is 20.5 Å². The number of methoxy groups -OCH3 is 1. The summed E-state index contributed by atoms with van der Waals surface area (Å²) in [4.78, 5) is 22.1. The summed E-state index contributed by atoms with van der Waals surface area (Å²) in [5.41, 5.74) is 0.985.